The van der Waals surface area contributed by atoms with Crippen LogP contribution in [-0.2, 0) is 22.4 Å². The van der Waals surface area contributed by atoms with E-state index in [-0.39, 0.29) is 5.97 Å². The molecule has 106 valence electrons. The molecule has 3 rings (SSSR count). The Balaban J connectivity index is 2.01. The zero-order chi connectivity index (χ0) is 14.3. The number of esters is 1. The fourth-order valence-electron chi connectivity index (χ4n) is 2.41. The van der Waals surface area contributed by atoms with E-state index >= 15 is 0 Å². The van der Waals surface area contributed by atoms with Gasteiger partial charge in [0.2, 0.25) is 0 Å². The molecule has 0 fully saturated rings. The van der Waals surface area contributed by atoms with E-state index in [1.807, 2.05) is 13.0 Å². The average molecular weight is 296 g/mol. The number of fused-ring (bicyclic) bond motifs is 2. The highest BCUT2D eigenvalue weighted by Gasteiger charge is 2.34. The van der Waals surface area contributed by atoms with Crippen LogP contribution in [0.15, 0.2) is 10.6 Å². The van der Waals surface area contributed by atoms with Gasteiger partial charge in [0.25, 0.3) is 0 Å². The predicted octanol–water partition coefficient (Wildman–Crippen LogP) is 2.91. The Morgan fingerprint density at radius 3 is 3.05 bits per heavy atom. The van der Waals surface area contributed by atoms with Crippen molar-refractivity contribution in [3.63, 3.8) is 0 Å². The smallest absolute Gasteiger partial charge is 0.347 e. The van der Waals surface area contributed by atoms with Crippen LogP contribution in [0.4, 0.5) is 0 Å². The topological polar surface area (TPSA) is 61.6 Å². The van der Waals surface area contributed by atoms with Gasteiger partial charge in [-0.2, -0.15) is 0 Å². The molecule has 2 aromatic rings. The molecule has 0 bridgehead atoms. The van der Waals surface area contributed by atoms with Gasteiger partial charge in [-0.15, -0.1) is 0 Å². The van der Waals surface area contributed by atoms with Crippen molar-refractivity contribution in [3.05, 3.63) is 22.3 Å². The molecule has 20 heavy (non-hydrogen) atoms. The molecule has 1 atom stereocenters. The fraction of sp³-hybridized carbons (Fsp3) is 0.429. The molecule has 2 heterocycles. The van der Waals surface area contributed by atoms with Crippen molar-refractivity contribution in [2.45, 2.75) is 32.8 Å². The molecule has 6 heteroatoms. The van der Waals surface area contributed by atoms with Crippen molar-refractivity contribution in [2.24, 2.45) is 0 Å². The Bertz CT molecular complexity index is 679. The summed E-state index contributed by atoms with van der Waals surface area (Å²) in [7, 11) is 0. The minimum absolute atomic E-state index is 0.328. The van der Waals surface area contributed by atoms with Gasteiger partial charge in [-0.1, -0.05) is 23.7 Å². The quantitative estimate of drug-likeness (QED) is 0.815. The minimum atomic E-state index is -0.632. The molecule has 0 saturated heterocycles. The van der Waals surface area contributed by atoms with Gasteiger partial charge in [-0.3, -0.25) is 0 Å². The van der Waals surface area contributed by atoms with Crippen molar-refractivity contribution in [2.75, 3.05) is 6.61 Å². The molecular formula is C14H14ClNO4. The van der Waals surface area contributed by atoms with Gasteiger partial charge in [0.1, 0.15) is 10.8 Å². The van der Waals surface area contributed by atoms with Crippen LogP contribution in [0, 0.1) is 0 Å². The SMILES string of the molecule is CCOC(=O)C1Cc2cc3c(CC)noc3c(Cl)c2O1. The molecule has 1 aliphatic rings. The molecule has 0 N–H and O–H groups in total. The summed E-state index contributed by atoms with van der Waals surface area (Å²) in [6.07, 6.45) is 0.578. The maximum Gasteiger partial charge on any atom is 0.347 e. The van der Waals surface area contributed by atoms with Gasteiger partial charge < -0.3 is 14.0 Å². The number of carbonyl (C=O) groups is 1. The van der Waals surface area contributed by atoms with E-state index in [9.17, 15) is 4.79 Å². The van der Waals surface area contributed by atoms with Gasteiger partial charge in [0, 0.05) is 17.4 Å². The summed E-state index contributed by atoms with van der Waals surface area (Å²) in [6, 6.07) is 1.94. The van der Waals surface area contributed by atoms with Crippen LogP contribution in [-0.4, -0.2) is 23.8 Å². The molecule has 0 radical (unpaired) electrons. The lowest BCUT2D eigenvalue weighted by atomic mass is 10.1. The zero-order valence-electron chi connectivity index (χ0n) is 11.2. The third kappa shape index (κ3) is 1.93. The monoisotopic (exact) mass is 295 g/mol. The van der Waals surface area contributed by atoms with Crippen molar-refractivity contribution < 1.29 is 18.8 Å². The molecule has 5 nitrogen and oxygen atoms in total. The maximum atomic E-state index is 11.8. The standard InChI is InChI=1S/C14H14ClNO4/c1-3-9-8-5-7-6-10(14(17)18-4-2)19-12(7)11(15)13(8)20-16-9/h5,10H,3-4,6H2,1-2H3. The summed E-state index contributed by atoms with van der Waals surface area (Å²) in [5.74, 6) is 0.126. The highest BCUT2D eigenvalue weighted by molar-refractivity contribution is 6.36. The van der Waals surface area contributed by atoms with Gasteiger partial charge >= 0.3 is 5.97 Å². The second kappa shape index (κ2) is 4.98. The molecule has 1 aromatic heterocycles. The molecule has 0 spiro atoms. The van der Waals surface area contributed by atoms with E-state index < -0.39 is 6.10 Å². The van der Waals surface area contributed by atoms with Crippen molar-refractivity contribution in [1.29, 1.82) is 0 Å². The molecular weight excluding hydrogens is 282 g/mol. The van der Waals surface area contributed by atoms with Gasteiger partial charge in [0.15, 0.2) is 11.7 Å². The van der Waals surface area contributed by atoms with Crippen molar-refractivity contribution in [3.8, 4) is 5.75 Å². The van der Waals surface area contributed by atoms with Crippen molar-refractivity contribution >= 4 is 28.5 Å². The molecule has 0 saturated carbocycles. The fourth-order valence-corrected chi connectivity index (χ4v) is 2.71. The van der Waals surface area contributed by atoms with Crippen LogP contribution < -0.4 is 4.74 Å². The first-order chi connectivity index (χ1) is 9.65. The first kappa shape index (κ1) is 13.2. The first-order valence-corrected chi connectivity index (χ1v) is 6.96. The molecule has 1 aromatic carbocycles. The third-order valence-electron chi connectivity index (χ3n) is 3.36. The summed E-state index contributed by atoms with van der Waals surface area (Å²) < 4.78 is 15.8. The Labute approximate surface area is 120 Å². The number of hydrogen-bond acceptors (Lipinski definition) is 5. The molecule has 0 amide bonds. The average Bonchev–Trinajstić information content (AvgIpc) is 3.03. The number of aryl methyl sites for hydroxylation is 1. The molecule has 1 aliphatic heterocycles. The summed E-state index contributed by atoms with van der Waals surface area (Å²) in [5, 5.41) is 5.24. The summed E-state index contributed by atoms with van der Waals surface area (Å²) in [5.41, 5.74) is 2.24. The Kier molecular flexibility index (Phi) is 3.30. The summed E-state index contributed by atoms with van der Waals surface area (Å²) >= 11 is 6.29. The predicted molar refractivity (Wildman–Crippen MR) is 73.2 cm³/mol. The first-order valence-electron chi connectivity index (χ1n) is 6.58. The molecule has 1 unspecified atom stereocenters. The maximum absolute atomic E-state index is 11.8. The van der Waals surface area contributed by atoms with E-state index in [1.165, 1.54) is 0 Å². The highest BCUT2D eigenvalue weighted by Crippen LogP contribution is 2.42. The second-order valence-electron chi connectivity index (χ2n) is 4.60. The number of aromatic nitrogens is 1. The minimum Gasteiger partial charge on any atom is -0.476 e. The largest absolute Gasteiger partial charge is 0.476 e. The Hall–Kier alpha value is -1.75. The number of hydrogen-bond donors (Lipinski definition) is 0. The number of ether oxygens (including phenoxy) is 2. The van der Waals surface area contributed by atoms with E-state index in [2.05, 4.69) is 5.16 Å². The van der Waals surface area contributed by atoms with Crippen molar-refractivity contribution in [1.82, 2.24) is 5.16 Å². The van der Waals surface area contributed by atoms with Gasteiger partial charge in [-0.05, 0) is 19.4 Å². The van der Waals surface area contributed by atoms with E-state index in [0.717, 1.165) is 23.1 Å². The van der Waals surface area contributed by atoms with Crippen LogP contribution in [0.25, 0.3) is 11.0 Å². The van der Waals surface area contributed by atoms with E-state index in [0.29, 0.717) is 29.4 Å². The Morgan fingerprint density at radius 1 is 1.55 bits per heavy atom. The van der Waals surface area contributed by atoms with Crippen LogP contribution in [0.3, 0.4) is 0 Å². The zero-order valence-corrected chi connectivity index (χ0v) is 12.0. The lowest BCUT2D eigenvalue weighted by molar-refractivity contribution is -0.150. The second-order valence-corrected chi connectivity index (χ2v) is 4.98. The van der Waals surface area contributed by atoms with Crippen LogP contribution >= 0.6 is 11.6 Å². The van der Waals surface area contributed by atoms with Crippen LogP contribution in [0.1, 0.15) is 25.1 Å². The third-order valence-corrected chi connectivity index (χ3v) is 3.70. The number of rotatable bonds is 3. The van der Waals surface area contributed by atoms with E-state index in [1.54, 1.807) is 6.92 Å². The van der Waals surface area contributed by atoms with Gasteiger partial charge in [0.05, 0.1) is 12.3 Å². The molecule has 0 aliphatic carbocycles. The normalized spacial score (nSPS) is 17.1. The van der Waals surface area contributed by atoms with Crippen LogP contribution in [0.5, 0.6) is 5.75 Å². The number of nitrogens with zero attached hydrogens (tertiary/aromatic N) is 1. The number of benzene rings is 1. The van der Waals surface area contributed by atoms with Gasteiger partial charge in [-0.25, -0.2) is 4.79 Å². The summed E-state index contributed by atoms with van der Waals surface area (Å²) in [6.45, 7) is 4.09. The Morgan fingerprint density at radius 2 is 2.35 bits per heavy atom. The lowest BCUT2D eigenvalue weighted by Crippen LogP contribution is -2.27. The van der Waals surface area contributed by atoms with Crippen LogP contribution in [0.2, 0.25) is 5.02 Å². The lowest BCUT2D eigenvalue weighted by Gasteiger charge is -2.09. The highest BCUT2D eigenvalue weighted by atomic mass is 35.5. The number of carbonyl (C=O) groups excluding carboxylic acids is 1. The number of halogens is 1. The summed E-state index contributed by atoms with van der Waals surface area (Å²) in [4.78, 5) is 11.8. The van der Waals surface area contributed by atoms with E-state index in [4.69, 9.17) is 25.6 Å².